The molecule has 0 saturated carbocycles. The first kappa shape index (κ1) is 10.4. The van der Waals surface area contributed by atoms with E-state index in [2.05, 4.69) is 0 Å². The van der Waals surface area contributed by atoms with Crippen molar-refractivity contribution in [2.45, 2.75) is 32.0 Å². The van der Waals surface area contributed by atoms with Gasteiger partial charge in [-0.15, -0.1) is 0 Å². The lowest BCUT2D eigenvalue weighted by atomic mass is 9.79. The lowest BCUT2D eigenvalue weighted by Gasteiger charge is -2.22. The highest BCUT2D eigenvalue weighted by Crippen LogP contribution is 2.44. The van der Waals surface area contributed by atoms with E-state index in [1.807, 2.05) is 0 Å². The second kappa shape index (κ2) is 3.81. The first-order chi connectivity index (χ1) is 7.15. The minimum Gasteiger partial charge on any atom is -0.481 e. The first-order valence-electron chi connectivity index (χ1n) is 5.20. The molecular weight excluding hydrogens is 200 g/mol. The molecule has 2 saturated heterocycles. The molecule has 84 valence electrons. The maximum Gasteiger partial charge on any atom is 0.312 e. The van der Waals surface area contributed by atoms with E-state index in [-0.39, 0.29) is 18.8 Å². The van der Waals surface area contributed by atoms with Gasteiger partial charge in [0.15, 0.2) is 0 Å². The minimum atomic E-state index is -0.958. The number of ether oxygens (including phenoxy) is 2. The van der Waals surface area contributed by atoms with Gasteiger partial charge in [0.2, 0.25) is 0 Å². The third-order valence-corrected chi connectivity index (χ3v) is 3.12. The van der Waals surface area contributed by atoms with Crippen LogP contribution in [0.5, 0.6) is 0 Å². The van der Waals surface area contributed by atoms with Gasteiger partial charge in [-0.2, -0.15) is 0 Å². The van der Waals surface area contributed by atoms with E-state index in [9.17, 15) is 9.59 Å². The minimum absolute atomic E-state index is 0.254. The quantitative estimate of drug-likeness (QED) is 0.689. The van der Waals surface area contributed by atoms with Gasteiger partial charge in [0, 0.05) is 0 Å². The van der Waals surface area contributed by atoms with Gasteiger partial charge >= 0.3 is 11.9 Å². The standard InChI is InChI=1S/C10H14O5/c1-2-14-10(13)8-6-4-3-5(15-6)7(8)9(11)12/h5-8H,2-4H2,1H3,(H,11,12)/t5-,6+,7-,8-/m0/s1. The van der Waals surface area contributed by atoms with Crippen LogP contribution < -0.4 is 0 Å². The summed E-state index contributed by atoms with van der Waals surface area (Å²) in [5.74, 6) is -2.72. The fourth-order valence-electron chi connectivity index (χ4n) is 2.53. The number of esters is 1. The van der Waals surface area contributed by atoms with Crippen molar-refractivity contribution >= 4 is 11.9 Å². The molecule has 0 amide bonds. The number of carboxylic acid groups (broad SMARTS) is 1. The average Bonchev–Trinajstić information content (AvgIpc) is 2.76. The van der Waals surface area contributed by atoms with Crippen molar-refractivity contribution in [3.63, 3.8) is 0 Å². The van der Waals surface area contributed by atoms with Crippen molar-refractivity contribution in [3.8, 4) is 0 Å². The monoisotopic (exact) mass is 214 g/mol. The summed E-state index contributed by atoms with van der Waals surface area (Å²) >= 11 is 0. The number of hydrogen-bond acceptors (Lipinski definition) is 4. The van der Waals surface area contributed by atoms with Crippen LogP contribution in [0.2, 0.25) is 0 Å². The number of carboxylic acids is 1. The Labute approximate surface area is 87.4 Å². The van der Waals surface area contributed by atoms with E-state index < -0.39 is 23.8 Å². The molecule has 0 aromatic rings. The lowest BCUT2D eigenvalue weighted by molar-refractivity contribution is -0.157. The van der Waals surface area contributed by atoms with E-state index in [1.54, 1.807) is 6.92 Å². The summed E-state index contributed by atoms with van der Waals surface area (Å²) in [6.07, 6.45) is 0.937. The zero-order valence-corrected chi connectivity index (χ0v) is 8.51. The van der Waals surface area contributed by atoms with E-state index >= 15 is 0 Å². The number of hydrogen-bond donors (Lipinski definition) is 1. The fourth-order valence-corrected chi connectivity index (χ4v) is 2.53. The van der Waals surface area contributed by atoms with Crippen LogP contribution in [0.3, 0.4) is 0 Å². The van der Waals surface area contributed by atoms with Crippen LogP contribution >= 0.6 is 0 Å². The maximum absolute atomic E-state index is 11.6. The molecule has 2 aliphatic heterocycles. The predicted molar refractivity (Wildman–Crippen MR) is 49.1 cm³/mol. The van der Waals surface area contributed by atoms with Crippen molar-refractivity contribution in [1.82, 2.24) is 0 Å². The summed E-state index contributed by atoms with van der Waals surface area (Å²) in [5.41, 5.74) is 0. The number of carbonyl (C=O) groups excluding carboxylic acids is 1. The van der Waals surface area contributed by atoms with Crippen LogP contribution in [0.15, 0.2) is 0 Å². The molecule has 5 heteroatoms. The molecule has 0 spiro atoms. The normalized spacial score (nSPS) is 37.9. The van der Waals surface area contributed by atoms with E-state index in [0.717, 1.165) is 12.8 Å². The van der Waals surface area contributed by atoms with Crippen molar-refractivity contribution in [2.75, 3.05) is 6.61 Å². The number of rotatable bonds is 3. The largest absolute Gasteiger partial charge is 0.481 e. The second-order valence-electron chi connectivity index (χ2n) is 3.93. The summed E-state index contributed by atoms with van der Waals surface area (Å²) in [6.45, 7) is 1.99. The van der Waals surface area contributed by atoms with Crippen LogP contribution in [0.25, 0.3) is 0 Å². The molecule has 15 heavy (non-hydrogen) atoms. The summed E-state index contributed by atoms with van der Waals surface area (Å²) in [4.78, 5) is 22.6. The van der Waals surface area contributed by atoms with Crippen molar-refractivity contribution in [3.05, 3.63) is 0 Å². The molecule has 2 fully saturated rings. The Kier molecular flexibility index (Phi) is 2.65. The Morgan fingerprint density at radius 3 is 2.47 bits per heavy atom. The molecule has 5 nitrogen and oxygen atoms in total. The third kappa shape index (κ3) is 1.61. The first-order valence-corrected chi connectivity index (χ1v) is 5.20. The smallest absolute Gasteiger partial charge is 0.312 e. The number of fused-ring (bicyclic) bond motifs is 2. The van der Waals surface area contributed by atoms with Crippen LogP contribution in [0.1, 0.15) is 19.8 Å². The molecule has 0 unspecified atom stereocenters. The second-order valence-corrected chi connectivity index (χ2v) is 3.93. The molecule has 2 bridgehead atoms. The van der Waals surface area contributed by atoms with Gasteiger partial charge in [0.25, 0.3) is 0 Å². The molecule has 2 heterocycles. The van der Waals surface area contributed by atoms with Crippen LogP contribution in [-0.2, 0) is 19.1 Å². The Morgan fingerprint density at radius 2 is 1.93 bits per heavy atom. The Bertz CT molecular complexity index is 288. The van der Waals surface area contributed by atoms with Gasteiger partial charge in [-0.3, -0.25) is 9.59 Å². The summed E-state index contributed by atoms with van der Waals surface area (Å²) in [5, 5.41) is 9.04. The number of carbonyl (C=O) groups is 2. The molecule has 1 N–H and O–H groups in total. The van der Waals surface area contributed by atoms with Gasteiger partial charge in [-0.1, -0.05) is 0 Å². The summed E-state index contributed by atoms with van der Waals surface area (Å²) < 4.78 is 10.3. The summed E-state index contributed by atoms with van der Waals surface area (Å²) in [7, 11) is 0. The Morgan fingerprint density at radius 1 is 1.33 bits per heavy atom. The van der Waals surface area contributed by atoms with Crippen molar-refractivity contribution < 1.29 is 24.2 Å². The van der Waals surface area contributed by atoms with Gasteiger partial charge in [0.05, 0.1) is 30.7 Å². The van der Waals surface area contributed by atoms with E-state index in [1.165, 1.54) is 0 Å². The van der Waals surface area contributed by atoms with Crippen LogP contribution in [0, 0.1) is 11.8 Å². The van der Waals surface area contributed by atoms with Gasteiger partial charge < -0.3 is 14.6 Å². The van der Waals surface area contributed by atoms with Gasteiger partial charge in [-0.05, 0) is 19.8 Å². The van der Waals surface area contributed by atoms with Crippen LogP contribution in [-0.4, -0.2) is 35.9 Å². The van der Waals surface area contributed by atoms with Crippen molar-refractivity contribution in [2.24, 2.45) is 11.8 Å². The topological polar surface area (TPSA) is 72.8 Å². The zero-order chi connectivity index (χ0) is 11.0. The average molecular weight is 214 g/mol. The lowest BCUT2D eigenvalue weighted by Crippen LogP contribution is -2.39. The highest BCUT2D eigenvalue weighted by Gasteiger charge is 2.56. The number of aliphatic carboxylic acids is 1. The SMILES string of the molecule is CCOC(=O)[C@@H]1[C@@H](C(=O)O)[C@@H]2CC[C@H]1O2. The zero-order valence-electron chi connectivity index (χ0n) is 8.51. The Balaban J connectivity index is 2.14. The van der Waals surface area contributed by atoms with E-state index in [4.69, 9.17) is 14.6 Å². The molecule has 2 rings (SSSR count). The third-order valence-electron chi connectivity index (χ3n) is 3.12. The van der Waals surface area contributed by atoms with E-state index in [0.29, 0.717) is 0 Å². The van der Waals surface area contributed by atoms with Crippen LogP contribution in [0.4, 0.5) is 0 Å². The molecule has 0 aromatic carbocycles. The van der Waals surface area contributed by atoms with Crippen molar-refractivity contribution in [1.29, 1.82) is 0 Å². The molecular formula is C10H14O5. The Hall–Kier alpha value is -1.10. The highest BCUT2D eigenvalue weighted by atomic mass is 16.5. The molecule has 0 aromatic heterocycles. The van der Waals surface area contributed by atoms with Gasteiger partial charge in [-0.25, -0.2) is 0 Å². The maximum atomic E-state index is 11.6. The molecule has 4 atom stereocenters. The predicted octanol–water partition coefficient (Wildman–Crippen LogP) is 0.428. The summed E-state index contributed by atoms with van der Waals surface area (Å²) in [6, 6.07) is 0. The fraction of sp³-hybridized carbons (Fsp3) is 0.800. The van der Waals surface area contributed by atoms with Gasteiger partial charge in [0.1, 0.15) is 0 Å². The highest BCUT2D eigenvalue weighted by molar-refractivity contribution is 5.83. The molecule has 0 aliphatic carbocycles. The molecule has 2 aliphatic rings. The molecule has 0 radical (unpaired) electrons.